The summed E-state index contributed by atoms with van der Waals surface area (Å²) < 4.78 is 2.40. The van der Waals surface area contributed by atoms with E-state index in [1.165, 1.54) is 111 Å². The van der Waals surface area contributed by atoms with Crippen LogP contribution in [0.25, 0.3) is 88.7 Å². The lowest BCUT2D eigenvalue weighted by Crippen LogP contribution is -2.26. The standard InChI is InChI=1S/C76H56N2/c1-5-23-58-49(2)76(65-34-19-15-31-60(65)61-32-16-20-35-66(61)76)68-42-41-67-74(73(58)68)63-40-38-52(47-69(63)75(67,3)4)54-44-53(50-24-9-6-10-25-50)45-57(46-54)77(70-36-21-17-30-59(70)51-26-11-7-12-27-51)56-39-43-72-64(48-56)62-33-18-22-37-71(62)78(72)55-28-13-8-14-29-55/h5-48H,1-4H3/b23-5-. The molecule has 0 radical (unpaired) electrons. The third-order valence-electron chi connectivity index (χ3n) is 17.5. The molecule has 2 heteroatoms. The zero-order valence-corrected chi connectivity index (χ0v) is 44.3. The number of para-hydroxylation sites is 3. The first-order valence-electron chi connectivity index (χ1n) is 27.5. The Morgan fingerprint density at radius 2 is 0.974 bits per heavy atom. The SMILES string of the molecule is C/C=C\C1=C(C)C2(c3ccccc3-c3ccccc32)c2ccc3c(c21)-c1ccc(-c2cc(-c4ccccc4)cc(N(c4ccc5c(c4)c4ccccc4n5-c4ccccc4)c4ccccc4-c4ccccc4)c2)cc1C3(C)C. The van der Waals surface area contributed by atoms with E-state index in [0.29, 0.717) is 0 Å². The van der Waals surface area contributed by atoms with Gasteiger partial charge in [0.25, 0.3) is 0 Å². The smallest absolute Gasteiger partial charge is 0.0685 e. The zero-order chi connectivity index (χ0) is 52.3. The molecule has 0 aliphatic heterocycles. The summed E-state index contributed by atoms with van der Waals surface area (Å²) in [5, 5.41) is 2.42. The molecule has 0 atom stereocenters. The Hall–Kier alpha value is -9.50. The van der Waals surface area contributed by atoms with Crippen molar-refractivity contribution in [2.45, 2.75) is 38.5 Å². The highest BCUT2D eigenvalue weighted by Crippen LogP contribution is 2.65. The normalized spacial score (nSPS) is 14.3. The van der Waals surface area contributed by atoms with Crippen molar-refractivity contribution < 1.29 is 0 Å². The first-order chi connectivity index (χ1) is 38.3. The van der Waals surface area contributed by atoms with Gasteiger partial charge in [-0.3, -0.25) is 0 Å². The third kappa shape index (κ3) is 6.56. The van der Waals surface area contributed by atoms with Crippen LogP contribution < -0.4 is 4.90 Å². The molecule has 0 unspecified atom stereocenters. The number of hydrogen-bond donors (Lipinski definition) is 0. The molecule has 3 aliphatic rings. The predicted octanol–water partition coefficient (Wildman–Crippen LogP) is 20.2. The summed E-state index contributed by atoms with van der Waals surface area (Å²) in [4.78, 5) is 2.50. The van der Waals surface area contributed by atoms with E-state index in [2.05, 4.69) is 304 Å². The molecule has 15 rings (SSSR count). The minimum Gasteiger partial charge on any atom is -0.310 e. The Labute approximate surface area is 457 Å². The van der Waals surface area contributed by atoms with Crippen molar-refractivity contribution in [2.24, 2.45) is 0 Å². The topological polar surface area (TPSA) is 8.17 Å². The maximum Gasteiger partial charge on any atom is 0.0685 e. The summed E-state index contributed by atoms with van der Waals surface area (Å²) in [5.41, 5.74) is 29.5. The minimum absolute atomic E-state index is 0.263. The van der Waals surface area contributed by atoms with E-state index >= 15 is 0 Å². The van der Waals surface area contributed by atoms with Crippen LogP contribution in [0, 0.1) is 0 Å². The van der Waals surface area contributed by atoms with Crippen molar-refractivity contribution in [1.82, 2.24) is 4.57 Å². The van der Waals surface area contributed by atoms with Gasteiger partial charge >= 0.3 is 0 Å². The fraction of sp³-hybridized carbons (Fsp3) is 0.0789. The van der Waals surface area contributed by atoms with Gasteiger partial charge in [0.2, 0.25) is 0 Å². The van der Waals surface area contributed by atoms with E-state index in [9.17, 15) is 0 Å². The van der Waals surface area contributed by atoms with Crippen molar-refractivity contribution >= 4 is 44.4 Å². The summed E-state index contributed by atoms with van der Waals surface area (Å²) in [7, 11) is 0. The predicted molar refractivity (Wildman–Crippen MR) is 329 cm³/mol. The number of hydrogen-bond acceptors (Lipinski definition) is 1. The molecule has 1 heterocycles. The molecule has 12 aromatic rings. The Balaban J connectivity index is 0.946. The van der Waals surface area contributed by atoms with E-state index in [1.807, 2.05) is 0 Å². The average Bonchev–Trinajstić information content (AvgIpc) is 4.34. The molecule has 78 heavy (non-hydrogen) atoms. The molecule has 0 amide bonds. The lowest BCUT2D eigenvalue weighted by atomic mass is 9.69. The van der Waals surface area contributed by atoms with Gasteiger partial charge in [-0.15, -0.1) is 0 Å². The van der Waals surface area contributed by atoms with E-state index in [4.69, 9.17) is 0 Å². The van der Waals surface area contributed by atoms with Gasteiger partial charge in [-0.1, -0.05) is 214 Å². The lowest BCUT2D eigenvalue weighted by Gasteiger charge is -2.32. The Bertz CT molecular complexity index is 4430. The molecule has 11 aromatic carbocycles. The molecule has 3 aliphatic carbocycles. The largest absolute Gasteiger partial charge is 0.310 e. The van der Waals surface area contributed by atoms with Crippen LogP contribution >= 0.6 is 0 Å². The van der Waals surface area contributed by atoms with Gasteiger partial charge in [0.05, 0.1) is 22.1 Å². The van der Waals surface area contributed by atoms with Crippen molar-refractivity contribution in [3.63, 3.8) is 0 Å². The van der Waals surface area contributed by atoms with Crippen LogP contribution in [-0.4, -0.2) is 4.57 Å². The van der Waals surface area contributed by atoms with Crippen LogP contribution in [0.5, 0.6) is 0 Å². The number of aromatic nitrogens is 1. The van der Waals surface area contributed by atoms with Gasteiger partial charge in [0, 0.05) is 38.8 Å². The van der Waals surface area contributed by atoms with Crippen LogP contribution in [0.3, 0.4) is 0 Å². The molecular weight excluding hydrogens is 941 g/mol. The summed E-state index contributed by atoms with van der Waals surface area (Å²) in [6, 6.07) is 95.0. The van der Waals surface area contributed by atoms with E-state index in [-0.39, 0.29) is 10.8 Å². The molecule has 370 valence electrons. The summed E-state index contributed by atoms with van der Waals surface area (Å²) in [5.74, 6) is 0. The van der Waals surface area contributed by atoms with Gasteiger partial charge in [-0.2, -0.15) is 0 Å². The number of fused-ring (bicyclic) bond motifs is 14. The van der Waals surface area contributed by atoms with Crippen molar-refractivity contribution in [3.05, 3.63) is 306 Å². The van der Waals surface area contributed by atoms with Crippen LogP contribution in [0.15, 0.2) is 273 Å². The molecule has 1 spiro atoms. The molecule has 2 nitrogen and oxygen atoms in total. The van der Waals surface area contributed by atoms with E-state index in [1.54, 1.807) is 0 Å². The van der Waals surface area contributed by atoms with Gasteiger partial charge in [0.1, 0.15) is 0 Å². The molecule has 0 fully saturated rings. The molecular formula is C76H56N2. The number of nitrogens with zero attached hydrogens (tertiary/aromatic N) is 2. The Morgan fingerprint density at radius 1 is 0.385 bits per heavy atom. The maximum absolute atomic E-state index is 2.51. The van der Waals surface area contributed by atoms with Gasteiger partial charge in [0.15, 0.2) is 0 Å². The molecule has 0 saturated heterocycles. The van der Waals surface area contributed by atoms with Gasteiger partial charge in [-0.25, -0.2) is 0 Å². The molecule has 0 N–H and O–H groups in total. The highest BCUT2D eigenvalue weighted by Gasteiger charge is 2.53. The second kappa shape index (κ2) is 17.5. The van der Waals surface area contributed by atoms with Crippen molar-refractivity contribution in [3.8, 4) is 61.3 Å². The number of allylic oxidation sites excluding steroid dienone is 4. The van der Waals surface area contributed by atoms with Gasteiger partial charge < -0.3 is 9.47 Å². The maximum atomic E-state index is 2.51. The first-order valence-corrected chi connectivity index (χ1v) is 27.5. The van der Waals surface area contributed by atoms with Crippen molar-refractivity contribution in [2.75, 3.05) is 4.90 Å². The quantitative estimate of drug-likeness (QED) is 0.147. The Kier molecular flexibility index (Phi) is 10.3. The fourth-order valence-corrected chi connectivity index (χ4v) is 14.1. The van der Waals surface area contributed by atoms with Crippen molar-refractivity contribution in [1.29, 1.82) is 0 Å². The molecule has 1 aromatic heterocycles. The average molecular weight is 997 g/mol. The van der Waals surface area contributed by atoms with E-state index < -0.39 is 0 Å². The molecule has 0 bridgehead atoms. The number of benzene rings is 11. The van der Waals surface area contributed by atoms with E-state index in [0.717, 1.165) is 33.9 Å². The Morgan fingerprint density at radius 3 is 1.69 bits per heavy atom. The summed E-state index contributed by atoms with van der Waals surface area (Å²) in [6.07, 6.45) is 4.61. The minimum atomic E-state index is -0.373. The second-order valence-corrected chi connectivity index (χ2v) is 21.9. The van der Waals surface area contributed by atoms with Crippen LogP contribution in [0.4, 0.5) is 17.1 Å². The highest BCUT2D eigenvalue weighted by atomic mass is 15.1. The third-order valence-corrected chi connectivity index (χ3v) is 17.5. The molecule has 0 saturated carbocycles. The van der Waals surface area contributed by atoms with Gasteiger partial charge in [-0.05, 0) is 175 Å². The summed E-state index contributed by atoms with van der Waals surface area (Å²) >= 11 is 0. The summed E-state index contributed by atoms with van der Waals surface area (Å²) in [6.45, 7) is 9.43. The fourth-order valence-electron chi connectivity index (χ4n) is 14.1. The first kappa shape index (κ1) is 45.9. The zero-order valence-electron chi connectivity index (χ0n) is 44.3. The van der Waals surface area contributed by atoms with Crippen LogP contribution in [0.2, 0.25) is 0 Å². The monoisotopic (exact) mass is 996 g/mol. The number of anilines is 3. The second-order valence-electron chi connectivity index (χ2n) is 21.9. The van der Waals surface area contributed by atoms with Crippen LogP contribution in [-0.2, 0) is 10.8 Å². The number of rotatable bonds is 8. The lowest BCUT2D eigenvalue weighted by molar-refractivity contribution is 0.659. The highest BCUT2D eigenvalue weighted by molar-refractivity contribution is 6.11. The van der Waals surface area contributed by atoms with Crippen LogP contribution in [0.1, 0.15) is 61.1 Å².